The molecular formula is C15H23NO2. The Morgan fingerprint density at radius 1 is 1.39 bits per heavy atom. The fourth-order valence-electron chi connectivity index (χ4n) is 2.09. The Labute approximate surface area is 110 Å². The average molecular weight is 249 g/mol. The second-order valence-corrected chi connectivity index (χ2v) is 4.80. The summed E-state index contributed by atoms with van der Waals surface area (Å²) < 4.78 is 5.12. The van der Waals surface area contributed by atoms with Gasteiger partial charge < -0.3 is 10.1 Å². The van der Waals surface area contributed by atoms with Gasteiger partial charge in [0.2, 0.25) is 0 Å². The van der Waals surface area contributed by atoms with Crippen molar-refractivity contribution in [1.29, 1.82) is 0 Å². The third-order valence-electron chi connectivity index (χ3n) is 3.32. The van der Waals surface area contributed by atoms with Crippen molar-refractivity contribution in [2.75, 3.05) is 6.54 Å². The summed E-state index contributed by atoms with van der Waals surface area (Å²) in [5, 5.41) is 2.68. The zero-order chi connectivity index (χ0) is 12.3. The van der Waals surface area contributed by atoms with Gasteiger partial charge in [0.1, 0.15) is 6.10 Å². The summed E-state index contributed by atoms with van der Waals surface area (Å²) in [6, 6.07) is 8.64. The van der Waals surface area contributed by atoms with E-state index in [9.17, 15) is 4.79 Å². The Kier molecular flexibility index (Phi) is 5.20. The van der Waals surface area contributed by atoms with E-state index in [1.807, 2.05) is 0 Å². The van der Waals surface area contributed by atoms with E-state index in [-0.39, 0.29) is 19.6 Å². The lowest BCUT2D eigenvalue weighted by molar-refractivity contribution is 0.133. The van der Waals surface area contributed by atoms with Crippen molar-refractivity contribution in [3.8, 4) is 0 Å². The Bertz CT molecular complexity index is 386. The van der Waals surface area contributed by atoms with Crippen molar-refractivity contribution in [2.24, 2.45) is 0 Å². The SMILES string of the molecule is C.Cc1ccc([C@H](C)CC[C@@H]2CNC(=O)O2)cc1. The lowest BCUT2D eigenvalue weighted by Crippen LogP contribution is -2.15. The minimum Gasteiger partial charge on any atom is -0.444 e. The minimum absolute atomic E-state index is 0. The maximum atomic E-state index is 10.9. The maximum Gasteiger partial charge on any atom is 0.407 e. The summed E-state index contributed by atoms with van der Waals surface area (Å²) in [6.45, 7) is 4.96. The number of nitrogens with one attached hydrogen (secondary N) is 1. The summed E-state index contributed by atoms with van der Waals surface area (Å²) in [6.07, 6.45) is 1.74. The van der Waals surface area contributed by atoms with Gasteiger partial charge in [-0.2, -0.15) is 0 Å². The Balaban J connectivity index is 0.00000162. The van der Waals surface area contributed by atoms with Gasteiger partial charge in [-0.05, 0) is 31.2 Å². The number of alkyl carbamates (subject to hydrolysis) is 1. The second kappa shape index (κ2) is 6.43. The van der Waals surface area contributed by atoms with Crippen LogP contribution in [0.3, 0.4) is 0 Å². The van der Waals surface area contributed by atoms with Crippen LogP contribution in [0.25, 0.3) is 0 Å². The monoisotopic (exact) mass is 249 g/mol. The van der Waals surface area contributed by atoms with Crippen molar-refractivity contribution >= 4 is 6.09 Å². The van der Waals surface area contributed by atoms with Gasteiger partial charge in [0.25, 0.3) is 0 Å². The van der Waals surface area contributed by atoms with E-state index in [1.165, 1.54) is 11.1 Å². The number of aryl methyl sites for hydroxylation is 1. The second-order valence-electron chi connectivity index (χ2n) is 4.80. The van der Waals surface area contributed by atoms with Crippen LogP contribution in [0.2, 0.25) is 0 Å². The lowest BCUT2D eigenvalue weighted by atomic mass is 9.94. The molecule has 1 aromatic rings. The number of hydrogen-bond acceptors (Lipinski definition) is 2. The molecule has 2 atom stereocenters. The predicted molar refractivity (Wildman–Crippen MR) is 73.8 cm³/mol. The fourth-order valence-corrected chi connectivity index (χ4v) is 2.09. The molecule has 100 valence electrons. The van der Waals surface area contributed by atoms with Crippen LogP contribution >= 0.6 is 0 Å². The number of ether oxygens (including phenoxy) is 1. The topological polar surface area (TPSA) is 38.3 Å². The summed E-state index contributed by atoms with van der Waals surface area (Å²) >= 11 is 0. The minimum atomic E-state index is -0.280. The van der Waals surface area contributed by atoms with Gasteiger partial charge in [0, 0.05) is 0 Å². The van der Waals surface area contributed by atoms with Crippen LogP contribution in [0.4, 0.5) is 4.79 Å². The van der Waals surface area contributed by atoms with Crippen LogP contribution in [-0.4, -0.2) is 18.7 Å². The summed E-state index contributed by atoms with van der Waals surface area (Å²) in [5.41, 5.74) is 2.64. The van der Waals surface area contributed by atoms with Gasteiger partial charge in [-0.1, -0.05) is 44.2 Å². The molecule has 2 rings (SSSR count). The summed E-state index contributed by atoms with van der Waals surface area (Å²) in [4.78, 5) is 10.9. The largest absolute Gasteiger partial charge is 0.444 e. The first-order chi connectivity index (χ1) is 8.15. The molecule has 1 saturated heterocycles. The molecule has 0 unspecified atom stereocenters. The van der Waals surface area contributed by atoms with E-state index in [4.69, 9.17) is 4.74 Å². The number of cyclic esters (lactones) is 1. The molecule has 1 aromatic carbocycles. The molecule has 1 N–H and O–H groups in total. The van der Waals surface area contributed by atoms with E-state index in [2.05, 4.69) is 43.4 Å². The highest BCUT2D eigenvalue weighted by Crippen LogP contribution is 2.23. The van der Waals surface area contributed by atoms with Gasteiger partial charge in [0.05, 0.1) is 6.54 Å². The molecule has 0 radical (unpaired) electrons. The van der Waals surface area contributed by atoms with Crippen LogP contribution in [0.15, 0.2) is 24.3 Å². The molecule has 0 bridgehead atoms. The summed E-state index contributed by atoms with van der Waals surface area (Å²) in [5.74, 6) is 0.509. The van der Waals surface area contributed by atoms with Crippen LogP contribution in [0, 0.1) is 6.92 Å². The molecule has 1 fully saturated rings. The normalized spacial score (nSPS) is 19.7. The summed E-state index contributed by atoms with van der Waals surface area (Å²) in [7, 11) is 0. The first-order valence-electron chi connectivity index (χ1n) is 6.16. The van der Waals surface area contributed by atoms with Crippen LogP contribution < -0.4 is 5.32 Å². The van der Waals surface area contributed by atoms with Crippen LogP contribution in [0.5, 0.6) is 0 Å². The lowest BCUT2D eigenvalue weighted by Gasteiger charge is -2.14. The maximum absolute atomic E-state index is 10.9. The molecule has 0 spiro atoms. The van der Waals surface area contributed by atoms with Crippen molar-refractivity contribution < 1.29 is 9.53 Å². The molecule has 3 heteroatoms. The van der Waals surface area contributed by atoms with Gasteiger partial charge >= 0.3 is 6.09 Å². The molecule has 0 aromatic heterocycles. The Morgan fingerprint density at radius 3 is 2.61 bits per heavy atom. The standard InChI is InChI=1S/C14H19NO2.CH4/c1-10-3-6-12(7-4-10)11(2)5-8-13-9-15-14(16)17-13;/h3-4,6-7,11,13H,5,8-9H2,1-2H3,(H,15,16);1H4/t11-,13-;/m1./s1. The molecule has 1 aliphatic heterocycles. The van der Waals surface area contributed by atoms with Crippen molar-refractivity contribution in [1.82, 2.24) is 5.32 Å². The highest BCUT2D eigenvalue weighted by Gasteiger charge is 2.22. The predicted octanol–water partition coefficient (Wildman–Crippen LogP) is 3.62. The van der Waals surface area contributed by atoms with Crippen molar-refractivity contribution in [3.63, 3.8) is 0 Å². The number of amides is 1. The van der Waals surface area contributed by atoms with Crippen molar-refractivity contribution in [3.05, 3.63) is 35.4 Å². The number of carbonyl (C=O) groups is 1. The molecule has 18 heavy (non-hydrogen) atoms. The first-order valence-corrected chi connectivity index (χ1v) is 6.16. The van der Waals surface area contributed by atoms with Crippen LogP contribution in [0.1, 0.15) is 44.2 Å². The zero-order valence-corrected chi connectivity index (χ0v) is 10.4. The van der Waals surface area contributed by atoms with Gasteiger partial charge in [-0.25, -0.2) is 4.79 Å². The van der Waals surface area contributed by atoms with E-state index in [1.54, 1.807) is 0 Å². The highest BCUT2D eigenvalue weighted by molar-refractivity contribution is 5.69. The molecule has 0 aliphatic carbocycles. The fraction of sp³-hybridized carbons (Fsp3) is 0.533. The number of hydrogen-bond donors (Lipinski definition) is 1. The smallest absolute Gasteiger partial charge is 0.407 e. The van der Waals surface area contributed by atoms with Gasteiger partial charge in [-0.3, -0.25) is 0 Å². The number of carbonyl (C=O) groups excluding carboxylic acids is 1. The number of benzene rings is 1. The zero-order valence-electron chi connectivity index (χ0n) is 10.4. The van der Waals surface area contributed by atoms with Crippen molar-refractivity contribution in [2.45, 2.75) is 46.1 Å². The quantitative estimate of drug-likeness (QED) is 0.885. The Hall–Kier alpha value is -1.51. The molecular weight excluding hydrogens is 226 g/mol. The van der Waals surface area contributed by atoms with Gasteiger partial charge in [-0.15, -0.1) is 0 Å². The van der Waals surface area contributed by atoms with E-state index in [0.29, 0.717) is 12.5 Å². The molecule has 1 amide bonds. The molecule has 3 nitrogen and oxygen atoms in total. The van der Waals surface area contributed by atoms with Crippen LogP contribution in [-0.2, 0) is 4.74 Å². The van der Waals surface area contributed by atoms with E-state index in [0.717, 1.165) is 12.8 Å². The first kappa shape index (κ1) is 14.6. The van der Waals surface area contributed by atoms with Gasteiger partial charge in [0.15, 0.2) is 0 Å². The third kappa shape index (κ3) is 3.76. The van der Waals surface area contributed by atoms with E-state index < -0.39 is 0 Å². The molecule has 1 aliphatic rings. The van der Waals surface area contributed by atoms with E-state index >= 15 is 0 Å². The molecule has 0 saturated carbocycles. The molecule has 1 heterocycles. The Morgan fingerprint density at radius 2 is 2.06 bits per heavy atom. The highest BCUT2D eigenvalue weighted by atomic mass is 16.6. The average Bonchev–Trinajstić information content (AvgIpc) is 2.73. The third-order valence-corrected chi connectivity index (χ3v) is 3.32. The number of rotatable bonds is 4.